The topological polar surface area (TPSA) is 82.8 Å². The van der Waals surface area contributed by atoms with E-state index in [9.17, 15) is 0 Å². The van der Waals surface area contributed by atoms with Gasteiger partial charge in [-0.05, 0) is 25.0 Å². The summed E-state index contributed by atoms with van der Waals surface area (Å²) in [5.41, 5.74) is 8.08. The molecule has 0 bridgehead atoms. The third-order valence-electron chi connectivity index (χ3n) is 4.75. The van der Waals surface area contributed by atoms with E-state index in [0.717, 1.165) is 49.0 Å². The molecule has 0 atom stereocenters. The van der Waals surface area contributed by atoms with Gasteiger partial charge in [0.15, 0.2) is 5.82 Å². The number of aryl methyl sites for hydroxylation is 1. The molecule has 3 aromatic rings. The van der Waals surface area contributed by atoms with E-state index < -0.39 is 5.54 Å². The van der Waals surface area contributed by atoms with Crippen LogP contribution < -0.4 is 5.73 Å². The second kappa shape index (κ2) is 6.53. The van der Waals surface area contributed by atoms with E-state index in [4.69, 9.17) is 10.3 Å². The normalized spacial score (nSPS) is 16.4. The zero-order valence-electron chi connectivity index (χ0n) is 13.7. The molecule has 0 saturated heterocycles. The van der Waals surface area contributed by atoms with Gasteiger partial charge in [-0.2, -0.15) is 4.98 Å². The first-order chi connectivity index (χ1) is 11.2. The summed E-state index contributed by atoms with van der Waals surface area (Å²) in [5, 5.41) is 4.14. The summed E-state index contributed by atoms with van der Waals surface area (Å²) in [6.45, 7) is 2.64. The minimum atomic E-state index is -0.410. The maximum Gasteiger partial charge on any atom is 0.246 e. The van der Waals surface area contributed by atoms with Gasteiger partial charge < -0.3 is 14.8 Å². The standard InChI is InChI=1S/C17H21N5O.ClH/c1-2-14-19-12-7-3-4-8-13(12)22(14)11-15-20-16(21-23-15)17(18)9-5-6-10-17;/h3-4,7-8H,2,5-6,9-11,18H2,1H3;1H. The van der Waals surface area contributed by atoms with E-state index in [1.165, 1.54) is 0 Å². The van der Waals surface area contributed by atoms with Gasteiger partial charge in [0.05, 0.1) is 16.6 Å². The molecule has 1 aliphatic rings. The van der Waals surface area contributed by atoms with Crippen LogP contribution in [-0.2, 0) is 18.5 Å². The van der Waals surface area contributed by atoms with Gasteiger partial charge in [-0.25, -0.2) is 4.98 Å². The van der Waals surface area contributed by atoms with Gasteiger partial charge in [0.2, 0.25) is 5.89 Å². The molecular weight excluding hydrogens is 326 g/mol. The summed E-state index contributed by atoms with van der Waals surface area (Å²) in [6, 6.07) is 8.12. The highest BCUT2D eigenvalue weighted by atomic mass is 35.5. The predicted molar refractivity (Wildman–Crippen MR) is 94.1 cm³/mol. The molecule has 1 saturated carbocycles. The predicted octanol–water partition coefficient (Wildman–Crippen LogP) is 3.18. The number of halogens is 1. The number of hydrogen-bond donors (Lipinski definition) is 1. The van der Waals surface area contributed by atoms with E-state index >= 15 is 0 Å². The minimum absolute atomic E-state index is 0. The van der Waals surface area contributed by atoms with Crippen LogP contribution in [0.5, 0.6) is 0 Å². The Morgan fingerprint density at radius 3 is 2.71 bits per heavy atom. The molecule has 128 valence electrons. The lowest BCUT2D eigenvalue weighted by Gasteiger charge is -2.17. The van der Waals surface area contributed by atoms with Crippen molar-refractivity contribution in [1.82, 2.24) is 19.7 Å². The van der Waals surface area contributed by atoms with Gasteiger partial charge in [-0.3, -0.25) is 0 Å². The van der Waals surface area contributed by atoms with Crippen LogP contribution in [0.3, 0.4) is 0 Å². The van der Waals surface area contributed by atoms with Gasteiger partial charge in [0, 0.05) is 6.42 Å². The van der Waals surface area contributed by atoms with Crippen molar-refractivity contribution in [2.24, 2.45) is 5.73 Å². The first-order valence-corrected chi connectivity index (χ1v) is 8.26. The molecular formula is C17H22ClN5O. The van der Waals surface area contributed by atoms with Gasteiger partial charge in [0.25, 0.3) is 0 Å². The highest BCUT2D eigenvalue weighted by molar-refractivity contribution is 5.85. The third kappa shape index (κ3) is 2.80. The van der Waals surface area contributed by atoms with E-state index in [1.54, 1.807) is 0 Å². The molecule has 0 aliphatic heterocycles. The van der Waals surface area contributed by atoms with Gasteiger partial charge in [-0.15, -0.1) is 12.4 Å². The first kappa shape index (κ1) is 16.9. The van der Waals surface area contributed by atoms with Gasteiger partial charge >= 0.3 is 0 Å². The highest BCUT2D eigenvalue weighted by Crippen LogP contribution is 2.34. The molecule has 0 unspecified atom stereocenters. The van der Waals surface area contributed by atoms with Crippen LogP contribution in [0.15, 0.2) is 28.8 Å². The molecule has 2 aromatic heterocycles. The number of nitrogens with zero attached hydrogens (tertiary/aromatic N) is 4. The number of aromatic nitrogens is 4. The first-order valence-electron chi connectivity index (χ1n) is 8.26. The lowest BCUT2D eigenvalue weighted by atomic mass is 9.99. The Bertz CT molecular complexity index is 834. The molecule has 4 rings (SSSR count). The molecule has 0 amide bonds. The van der Waals surface area contributed by atoms with Crippen LogP contribution in [0, 0.1) is 0 Å². The Labute approximate surface area is 146 Å². The van der Waals surface area contributed by atoms with Crippen LogP contribution in [0.4, 0.5) is 0 Å². The molecule has 2 N–H and O–H groups in total. The van der Waals surface area contributed by atoms with E-state index in [2.05, 4.69) is 32.7 Å². The van der Waals surface area contributed by atoms with Gasteiger partial charge in [-0.1, -0.05) is 37.1 Å². The SMILES string of the molecule is CCc1nc2ccccc2n1Cc1nc(C2(N)CCCC2)no1.Cl. The Morgan fingerprint density at radius 2 is 1.96 bits per heavy atom. The van der Waals surface area contributed by atoms with Crippen molar-refractivity contribution in [3.8, 4) is 0 Å². The van der Waals surface area contributed by atoms with Crippen molar-refractivity contribution in [3.63, 3.8) is 0 Å². The molecule has 6 nitrogen and oxygen atoms in total. The fourth-order valence-corrected chi connectivity index (χ4v) is 3.46. The average molecular weight is 348 g/mol. The number of benzene rings is 1. The lowest BCUT2D eigenvalue weighted by molar-refractivity contribution is 0.344. The van der Waals surface area contributed by atoms with E-state index in [1.807, 2.05) is 18.2 Å². The van der Waals surface area contributed by atoms with Gasteiger partial charge in [0.1, 0.15) is 12.4 Å². The summed E-state index contributed by atoms with van der Waals surface area (Å²) < 4.78 is 7.62. The van der Waals surface area contributed by atoms with Crippen LogP contribution in [0.2, 0.25) is 0 Å². The maximum atomic E-state index is 6.41. The molecule has 7 heteroatoms. The largest absolute Gasteiger partial charge is 0.337 e. The highest BCUT2D eigenvalue weighted by Gasteiger charge is 2.36. The summed E-state index contributed by atoms with van der Waals surface area (Å²) in [5.74, 6) is 2.26. The second-order valence-electron chi connectivity index (χ2n) is 6.33. The Morgan fingerprint density at radius 1 is 1.21 bits per heavy atom. The minimum Gasteiger partial charge on any atom is -0.337 e. The zero-order chi connectivity index (χ0) is 15.9. The maximum absolute atomic E-state index is 6.41. The van der Waals surface area contributed by atoms with Crippen LogP contribution in [-0.4, -0.2) is 19.7 Å². The molecule has 2 heterocycles. The summed E-state index contributed by atoms with van der Waals surface area (Å²) in [7, 11) is 0. The summed E-state index contributed by atoms with van der Waals surface area (Å²) >= 11 is 0. The van der Waals surface area contributed by atoms with Crippen molar-refractivity contribution in [2.75, 3.05) is 0 Å². The quantitative estimate of drug-likeness (QED) is 0.783. The van der Waals surface area contributed by atoms with E-state index in [-0.39, 0.29) is 12.4 Å². The number of rotatable bonds is 4. The second-order valence-corrected chi connectivity index (χ2v) is 6.33. The lowest BCUT2D eigenvalue weighted by Crippen LogP contribution is -2.34. The molecule has 1 aromatic carbocycles. The van der Waals surface area contributed by atoms with E-state index in [0.29, 0.717) is 18.3 Å². The zero-order valence-corrected chi connectivity index (χ0v) is 14.6. The fraction of sp³-hybridized carbons (Fsp3) is 0.471. The Hall–Kier alpha value is -1.92. The molecule has 0 spiro atoms. The van der Waals surface area contributed by atoms with Crippen molar-refractivity contribution < 1.29 is 4.52 Å². The number of imidazole rings is 1. The third-order valence-corrected chi connectivity index (χ3v) is 4.75. The van der Waals surface area contributed by atoms with Crippen LogP contribution >= 0.6 is 12.4 Å². The number of fused-ring (bicyclic) bond motifs is 1. The van der Waals surface area contributed by atoms with Crippen molar-refractivity contribution >= 4 is 23.4 Å². The smallest absolute Gasteiger partial charge is 0.246 e. The average Bonchev–Trinajstić information content (AvgIpc) is 3.27. The molecule has 0 radical (unpaired) electrons. The monoisotopic (exact) mass is 347 g/mol. The molecule has 24 heavy (non-hydrogen) atoms. The fourth-order valence-electron chi connectivity index (χ4n) is 3.46. The number of hydrogen-bond acceptors (Lipinski definition) is 5. The van der Waals surface area contributed by atoms with Crippen LogP contribution in [0.1, 0.15) is 50.1 Å². The Kier molecular flexibility index (Phi) is 4.60. The summed E-state index contributed by atoms with van der Waals surface area (Å²) in [4.78, 5) is 9.24. The van der Waals surface area contributed by atoms with Crippen LogP contribution in [0.25, 0.3) is 11.0 Å². The molecule has 1 aliphatic carbocycles. The number of nitrogens with two attached hydrogens (primary N) is 1. The summed E-state index contributed by atoms with van der Waals surface area (Å²) in [6.07, 6.45) is 4.98. The van der Waals surface area contributed by atoms with Crippen molar-refractivity contribution in [1.29, 1.82) is 0 Å². The molecule has 1 fully saturated rings. The van der Waals surface area contributed by atoms with Crippen molar-refractivity contribution in [2.45, 2.75) is 51.1 Å². The van der Waals surface area contributed by atoms with Crippen molar-refractivity contribution in [3.05, 3.63) is 41.8 Å². The number of para-hydroxylation sites is 2. The Balaban J connectivity index is 0.00000169.